The Morgan fingerprint density at radius 3 is 2.67 bits per heavy atom. The lowest BCUT2D eigenvalue weighted by molar-refractivity contribution is 0.476. The number of hydrogen-bond acceptors (Lipinski definition) is 6. The van der Waals surface area contributed by atoms with Crippen LogP contribution >= 0.6 is 0 Å². The van der Waals surface area contributed by atoms with Crippen molar-refractivity contribution in [2.75, 3.05) is 11.9 Å². The predicted molar refractivity (Wildman–Crippen MR) is 121 cm³/mol. The highest BCUT2D eigenvalue weighted by atomic mass is 16.5. The van der Waals surface area contributed by atoms with Gasteiger partial charge in [0.25, 0.3) is 0 Å². The van der Waals surface area contributed by atoms with Crippen molar-refractivity contribution < 1.29 is 4.74 Å². The molecule has 4 rings (SSSR count). The minimum Gasteiger partial charge on any atom is -0.455 e. The first-order chi connectivity index (χ1) is 14.6. The molecular weight excluding hydrogens is 374 g/mol. The van der Waals surface area contributed by atoms with E-state index in [1.54, 1.807) is 12.5 Å². The van der Waals surface area contributed by atoms with Crippen molar-refractivity contribution >= 4 is 28.5 Å². The molecule has 0 radical (unpaired) electrons. The van der Waals surface area contributed by atoms with E-state index in [1.165, 1.54) is 0 Å². The molecule has 0 aliphatic heterocycles. The van der Waals surface area contributed by atoms with Gasteiger partial charge in [0.2, 0.25) is 0 Å². The van der Waals surface area contributed by atoms with Crippen LogP contribution in [0.5, 0.6) is 11.5 Å². The Morgan fingerprint density at radius 1 is 1.00 bits per heavy atom. The second-order valence-electron chi connectivity index (χ2n) is 6.98. The summed E-state index contributed by atoms with van der Waals surface area (Å²) in [5, 5.41) is 4.35. The van der Waals surface area contributed by atoms with Crippen LogP contribution in [0.3, 0.4) is 0 Å². The van der Waals surface area contributed by atoms with Gasteiger partial charge in [-0.15, -0.1) is 0 Å². The Morgan fingerprint density at radius 2 is 1.90 bits per heavy atom. The minimum atomic E-state index is 0.501. The van der Waals surface area contributed by atoms with E-state index in [0.29, 0.717) is 12.3 Å². The lowest BCUT2D eigenvalue weighted by Gasteiger charge is -2.12. The van der Waals surface area contributed by atoms with Crippen LogP contribution < -0.4 is 15.8 Å². The van der Waals surface area contributed by atoms with Crippen LogP contribution in [0.4, 0.5) is 11.5 Å². The smallest absolute Gasteiger partial charge is 0.145 e. The topological polar surface area (TPSA) is 86.0 Å². The first-order valence-electron chi connectivity index (χ1n) is 9.72. The summed E-state index contributed by atoms with van der Waals surface area (Å²) >= 11 is 0. The highest BCUT2D eigenvalue weighted by Gasteiger charge is 2.08. The molecule has 2 aromatic carbocycles. The molecule has 0 aliphatic rings. The fourth-order valence-corrected chi connectivity index (χ4v) is 3.10. The Kier molecular flexibility index (Phi) is 5.68. The predicted octanol–water partition coefficient (Wildman–Crippen LogP) is 5.15. The van der Waals surface area contributed by atoms with Gasteiger partial charge in [0.15, 0.2) is 0 Å². The first-order valence-corrected chi connectivity index (χ1v) is 9.72. The molecule has 0 bridgehead atoms. The van der Waals surface area contributed by atoms with Crippen molar-refractivity contribution in [2.45, 2.75) is 13.8 Å². The fraction of sp³-hybridized carbons (Fsp3) is 0.125. The number of rotatable bonds is 6. The largest absolute Gasteiger partial charge is 0.455 e. The number of anilines is 2. The third-order valence-electron chi connectivity index (χ3n) is 4.66. The molecule has 6 heteroatoms. The molecular formula is C24H23N5O. The van der Waals surface area contributed by atoms with Gasteiger partial charge in [0, 0.05) is 23.3 Å². The fourth-order valence-electron chi connectivity index (χ4n) is 3.10. The zero-order valence-corrected chi connectivity index (χ0v) is 17.0. The van der Waals surface area contributed by atoms with Crippen molar-refractivity contribution in [1.29, 1.82) is 0 Å². The highest BCUT2D eigenvalue weighted by Crippen LogP contribution is 2.30. The van der Waals surface area contributed by atoms with E-state index in [1.807, 2.05) is 68.5 Å². The average Bonchev–Trinajstić information content (AvgIpc) is 2.76. The lowest BCUT2D eigenvalue weighted by atomic mass is 10.1. The van der Waals surface area contributed by atoms with Gasteiger partial charge in [0.1, 0.15) is 23.6 Å². The van der Waals surface area contributed by atoms with E-state index < -0.39 is 0 Å². The average molecular weight is 397 g/mol. The molecule has 4 aromatic rings. The normalized spacial score (nSPS) is 11.2. The standard InChI is InChI=1S/C24H23N5O/c1-16-12-19(7-10-23(16)30-20-8-5-17(2)26-14-20)29-24-21-13-18(4-3-11-25)6-9-22(21)27-15-28-24/h3-10,12-15H,11,25H2,1-2H3,(H,27,28,29)/b4-3+. The van der Waals surface area contributed by atoms with Crippen LogP contribution in [0.1, 0.15) is 16.8 Å². The Labute approximate surface area is 175 Å². The summed E-state index contributed by atoms with van der Waals surface area (Å²) in [6.45, 7) is 4.46. The molecule has 0 saturated carbocycles. The summed E-state index contributed by atoms with van der Waals surface area (Å²) < 4.78 is 5.96. The summed E-state index contributed by atoms with van der Waals surface area (Å²) in [4.78, 5) is 13.1. The number of pyridine rings is 1. The number of ether oxygens (including phenoxy) is 1. The Bertz CT molecular complexity index is 1200. The lowest BCUT2D eigenvalue weighted by Crippen LogP contribution is -1.97. The number of aromatic nitrogens is 3. The number of fused-ring (bicyclic) bond motifs is 1. The maximum Gasteiger partial charge on any atom is 0.145 e. The van der Waals surface area contributed by atoms with Gasteiger partial charge in [-0.3, -0.25) is 4.98 Å². The second kappa shape index (κ2) is 8.71. The van der Waals surface area contributed by atoms with E-state index in [4.69, 9.17) is 10.5 Å². The Hall–Kier alpha value is -3.77. The summed E-state index contributed by atoms with van der Waals surface area (Å²) in [6.07, 6.45) is 7.20. The van der Waals surface area contributed by atoms with Crippen LogP contribution in [-0.2, 0) is 0 Å². The van der Waals surface area contributed by atoms with Gasteiger partial charge in [-0.25, -0.2) is 9.97 Å². The SMILES string of the molecule is Cc1ccc(Oc2ccc(Nc3ncnc4ccc(/C=C/CN)cc34)cc2C)cn1. The van der Waals surface area contributed by atoms with Crippen LogP contribution in [0, 0.1) is 13.8 Å². The molecule has 30 heavy (non-hydrogen) atoms. The van der Waals surface area contributed by atoms with Gasteiger partial charge in [-0.1, -0.05) is 18.2 Å². The van der Waals surface area contributed by atoms with Crippen LogP contribution in [0.15, 0.2) is 67.1 Å². The first kappa shape index (κ1) is 19.5. The molecule has 0 fully saturated rings. The summed E-state index contributed by atoms with van der Waals surface area (Å²) in [5.74, 6) is 2.25. The van der Waals surface area contributed by atoms with E-state index in [0.717, 1.165) is 45.0 Å². The van der Waals surface area contributed by atoms with Crippen molar-refractivity contribution in [3.8, 4) is 11.5 Å². The molecule has 0 amide bonds. The number of aryl methyl sites for hydroxylation is 2. The third kappa shape index (κ3) is 4.45. The minimum absolute atomic E-state index is 0.501. The number of nitrogens with zero attached hydrogens (tertiary/aromatic N) is 3. The van der Waals surface area contributed by atoms with Crippen LogP contribution in [0.2, 0.25) is 0 Å². The number of nitrogens with two attached hydrogens (primary N) is 1. The maximum absolute atomic E-state index is 5.96. The molecule has 0 spiro atoms. The number of hydrogen-bond donors (Lipinski definition) is 2. The summed E-state index contributed by atoms with van der Waals surface area (Å²) in [7, 11) is 0. The van der Waals surface area contributed by atoms with Gasteiger partial charge in [0.05, 0.1) is 11.7 Å². The van der Waals surface area contributed by atoms with Crippen molar-refractivity contribution in [2.24, 2.45) is 5.73 Å². The Balaban J connectivity index is 1.59. The van der Waals surface area contributed by atoms with Gasteiger partial charge >= 0.3 is 0 Å². The zero-order valence-electron chi connectivity index (χ0n) is 17.0. The van der Waals surface area contributed by atoms with Crippen molar-refractivity contribution in [3.05, 3.63) is 84.0 Å². The van der Waals surface area contributed by atoms with Crippen molar-refractivity contribution in [1.82, 2.24) is 15.0 Å². The molecule has 0 unspecified atom stereocenters. The van der Waals surface area contributed by atoms with Gasteiger partial charge < -0.3 is 15.8 Å². The van der Waals surface area contributed by atoms with E-state index in [9.17, 15) is 0 Å². The molecule has 6 nitrogen and oxygen atoms in total. The molecule has 150 valence electrons. The molecule has 3 N–H and O–H groups in total. The molecule has 0 aliphatic carbocycles. The van der Waals surface area contributed by atoms with Crippen LogP contribution in [0.25, 0.3) is 17.0 Å². The number of nitrogens with one attached hydrogen (secondary N) is 1. The van der Waals surface area contributed by atoms with E-state index in [-0.39, 0.29) is 0 Å². The van der Waals surface area contributed by atoms with E-state index in [2.05, 4.69) is 26.3 Å². The molecule has 0 atom stereocenters. The maximum atomic E-state index is 5.96. The second-order valence-corrected chi connectivity index (χ2v) is 6.98. The van der Waals surface area contributed by atoms with Crippen molar-refractivity contribution in [3.63, 3.8) is 0 Å². The summed E-state index contributed by atoms with van der Waals surface area (Å²) in [5.41, 5.74) is 10.4. The monoisotopic (exact) mass is 397 g/mol. The third-order valence-corrected chi connectivity index (χ3v) is 4.66. The quantitative estimate of drug-likeness (QED) is 0.468. The van der Waals surface area contributed by atoms with Crippen LogP contribution in [-0.4, -0.2) is 21.5 Å². The summed E-state index contributed by atoms with van der Waals surface area (Å²) in [6, 6.07) is 15.8. The zero-order chi connectivity index (χ0) is 20.9. The van der Waals surface area contributed by atoms with Gasteiger partial charge in [-0.05, 0) is 67.4 Å². The highest BCUT2D eigenvalue weighted by molar-refractivity contribution is 5.92. The number of benzene rings is 2. The molecule has 2 heterocycles. The van der Waals surface area contributed by atoms with E-state index >= 15 is 0 Å². The molecule has 2 aromatic heterocycles. The molecule has 0 saturated heterocycles. The van der Waals surface area contributed by atoms with Gasteiger partial charge in [-0.2, -0.15) is 0 Å².